The topological polar surface area (TPSA) is 33.2 Å². The van der Waals surface area contributed by atoms with Crippen LogP contribution >= 0.6 is 0 Å². The molecule has 0 amide bonds. The molecule has 0 saturated heterocycles. The van der Waals surface area contributed by atoms with Crippen LogP contribution in [0.4, 0.5) is 0 Å². The lowest BCUT2D eigenvalue weighted by Crippen LogP contribution is -2.27. The maximum Gasteiger partial charge on any atom is 0.139 e. The minimum atomic E-state index is -0.230. The maximum atomic E-state index is 11.8. The van der Waals surface area contributed by atoms with E-state index in [-0.39, 0.29) is 5.41 Å². The van der Waals surface area contributed by atoms with Gasteiger partial charge in [-0.25, -0.2) is 0 Å². The minimum Gasteiger partial charge on any atom is -0.300 e. The van der Waals surface area contributed by atoms with Crippen LogP contribution in [0.5, 0.6) is 0 Å². The fourth-order valence-electron chi connectivity index (χ4n) is 1.51. The zero-order chi connectivity index (χ0) is 12.9. The molecule has 0 atom stereocenters. The Hall–Kier alpha value is -1.22. The summed E-state index contributed by atoms with van der Waals surface area (Å²) in [6.45, 7) is 7.47. The molecule has 1 rings (SSSR count). The van der Waals surface area contributed by atoms with Crippen molar-refractivity contribution in [2.45, 2.75) is 33.7 Å². The van der Waals surface area contributed by atoms with Gasteiger partial charge in [0.2, 0.25) is 0 Å². The van der Waals surface area contributed by atoms with E-state index in [0.29, 0.717) is 12.2 Å². The van der Waals surface area contributed by atoms with Crippen molar-refractivity contribution in [3.63, 3.8) is 0 Å². The highest BCUT2D eigenvalue weighted by Crippen LogP contribution is 2.16. The number of carbonyl (C=O) groups is 1. The second-order valence-electron chi connectivity index (χ2n) is 5.48. The van der Waals surface area contributed by atoms with Crippen LogP contribution < -0.4 is 0 Å². The van der Waals surface area contributed by atoms with E-state index in [9.17, 15) is 4.79 Å². The molecule has 0 bridgehead atoms. The van der Waals surface area contributed by atoms with Crippen molar-refractivity contribution >= 4 is 5.78 Å². The van der Waals surface area contributed by atoms with Crippen LogP contribution in [0, 0.1) is 5.41 Å². The van der Waals surface area contributed by atoms with Gasteiger partial charge >= 0.3 is 0 Å². The highest BCUT2D eigenvalue weighted by molar-refractivity contribution is 5.83. The lowest BCUT2D eigenvalue weighted by molar-refractivity contribution is -0.126. The first-order valence-electron chi connectivity index (χ1n) is 6.01. The van der Waals surface area contributed by atoms with Gasteiger partial charge in [0, 0.05) is 31.1 Å². The van der Waals surface area contributed by atoms with E-state index < -0.39 is 0 Å². The third kappa shape index (κ3) is 5.09. The average molecular weight is 234 g/mol. The zero-order valence-electron chi connectivity index (χ0n) is 11.2. The monoisotopic (exact) mass is 234 g/mol. The van der Waals surface area contributed by atoms with Gasteiger partial charge in [-0.3, -0.25) is 9.78 Å². The van der Waals surface area contributed by atoms with Gasteiger partial charge in [-0.15, -0.1) is 0 Å². The molecule has 1 heterocycles. The van der Waals surface area contributed by atoms with Gasteiger partial charge in [-0.2, -0.15) is 0 Å². The van der Waals surface area contributed by atoms with Gasteiger partial charge < -0.3 is 4.90 Å². The van der Waals surface area contributed by atoms with Crippen molar-refractivity contribution in [2.75, 3.05) is 13.6 Å². The molecule has 1 aromatic rings. The number of hydrogen-bond acceptors (Lipinski definition) is 3. The number of ketones is 1. The molecule has 0 spiro atoms. The summed E-state index contributed by atoms with van der Waals surface area (Å²) < 4.78 is 0. The van der Waals surface area contributed by atoms with E-state index in [1.165, 1.54) is 0 Å². The quantitative estimate of drug-likeness (QED) is 0.785. The fourth-order valence-corrected chi connectivity index (χ4v) is 1.51. The molecule has 0 unspecified atom stereocenters. The van der Waals surface area contributed by atoms with Crippen molar-refractivity contribution in [3.8, 4) is 0 Å². The molecule has 0 saturated carbocycles. The molecule has 3 heteroatoms. The SMILES string of the molecule is CN(CCC(=O)C(C)(C)C)Cc1ccccn1. The molecule has 0 aliphatic heterocycles. The van der Waals surface area contributed by atoms with Gasteiger partial charge in [0.1, 0.15) is 5.78 Å². The van der Waals surface area contributed by atoms with Gasteiger partial charge in [0.15, 0.2) is 0 Å². The molecular formula is C14H22N2O. The molecule has 0 aliphatic carbocycles. The summed E-state index contributed by atoms with van der Waals surface area (Å²) in [5.41, 5.74) is 0.810. The first-order valence-corrected chi connectivity index (χ1v) is 6.01. The second kappa shape index (κ2) is 5.92. The predicted octanol–water partition coefficient (Wildman–Crippen LogP) is 2.52. The van der Waals surface area contributed by atoms with Crippen molar-refractivity contribution in [3.05, 3.63) is 30.1 Å². The van der Waals surface area contributed by atoms with Crippen LogP contribution in [-0.2, 0) is 11.3 Å². The zero-order valence-corrected chi connectivity index (χ0v) is 11.2. The Morgan fingerprint density at radius 2 is 2.06 bits per heavy atom. The Kier molecular flexibility index (Phi) is 4.82. The van der Waals surface area contributed by atoms with Crippen LogP contribution in [0.3, 0.4) is 0 Å². The van der Waals surface area contributed by atoms with Crippen molar-refractivity contribution < 1.29 is 4.79 Å². The van der Waals surface area contributed by atoms with E-state index >= 15 is 0 Å². The molecule has 17 heavy (non-hydrogen) atoms. The summed E-state index contributed by atoms with van der Waals surface area (Å²) in [5, 5.41) is 0. The predicted molar refractivity (Wildman–Crippen MR) is 69.7 cm³/mol. The molecule has 0 aliphatic rings. The summed E-state index contributed by atoms with van der Waals surface area (Å²) >= 11 is 0. The summed E-state index contributed by atoms with van der Waals surface area (Å²) in [5.74, 6) is 0.311. The Morgan fingerprint density at radius 1 is 1.35 bits per heavy atom. The van der Waals surface area contributed by atoms with E-state index in [1.54, 1.807) is 6.20 Å². The molecule has 0 radical (unpaired) electrons. The van der Waals surface area contributed by atoms with Gasteiger partial charge in [0.05, 0.1) is 5.69 Å². The molecule has 0 fully saturated rings. The summed E-state index contributed by atoms with van der Waals surface area (Å²) in [7, 11) is 2.02. The molecule has 0 aromatic carbocycles. The third-order valence-corrected chi connectivity index (χ3v) is 2.72. The third-order valence-electron chi connectivity index (χ3n) is 2.72. The number of pyridine rings is 1. The van der Waals surface area contributed by atoms with Crippen LogP contribution in [0.15, 0.2) is 24.4 Å². The number of aromatic nitrogens is 1. The van der Waals surface area contributed by atoms with Crippen LogP contribution in [0.1, 0.15) is 32.9 Å². The fraction of sp³-hybridized carbons (Fsp3) is 0.571. The highest BCUT2D eigenvalue weighted by atomic mass is 16.1. The van der Waals surface area contributed by atoms with E-state index in [2.05, 4.69) is 9.88 Å². The van der Waals surface area contributed by atoms with E-state index in [1.807, 2.05) is 46.0 Å². The van der Waals surface area contributed by atoms with E-state index in [0.717, 1.165) is 18.8 Å². The van der Waals surface area contributed by atoms with Crippen LogP contribution in [0.2, 0.25) is 0 Å². The maximum absolute atomic E-state index is 11.8. The molecular weight excluding hydrogens is 212 g/mol. The molecule has 1 aromatic heterocycles. The Bertz CT molecular complexity index is 354. The van der Waals surface area contributed by atoms with E-state index in [4.69, 9.17) is 0 Å². The highest BCUT2D eigenvalue weighted by Gasteiger charge is 2.20. The van der Waals surface area contributed by atoms with Gasteiger partial charge in [-0.1, -0.05) is 26.8 Å². The molecule has 3 nitrogen and oxygen atoms in total. The number of carbonyl (C=O) groups excluding carboxylic acids is 1. The number of rotatable bonds is 5. The first kappa shape index (κ1) is 13.8. The lowest BCUT2D eigenvalue weighted by atomic mass is 9.89. The standard InChI is InChI=1S/C14H22N2O/c1-14(2,3)13(17)8-10-16(4)11-12-7-5-6-9-15-12/h5-7,9H,8,10-11H2,1-4H3. The minimum absolute atomic E-state index is 0.230. The second-order valence-corrected chi connectivity index (χ2v) is 5.48. The van der Waals surface area contributed by atoms with Gasteiger partial charge in [-0.05, 0) is 19.2 Å². The number of Topliss-reactive ketones (excluding diaryl/α,β-unsaturated/α-hetero) is 1. The normalized spacial score (nSPS) is 11.8. The number of hydrogen-bond donors (Lipinski definition) is 0. The van der Waals surface area contributed by atoms with Crippen LogP contribution in [0.25, 0.3) is 0 Å². The smallest absolute Gasteiger partial charge is 0.139 e. The summed E-state index contributed by atoms with van der Waals surface area (Å²) in [4.78, 5) is 18.2. The van der Waals surface area contributed by atoms with Crippen molar-refractivity contribution in [2.24, 2.45) is 5.41 Å². The molecule has 0 N–H and O–H groups in total. The average Bonchev–Trinajstić information content (AvgIpc) is 2.26. The molecule has 94 valence electrons. The number of nitrogens with zero attached hydrogens (tertiary/aromatic N) is 2. The van der Waals surface area contributed by atoms with Crippen molar-refractivity contribution in [1.29, 1.82) is 0 Å². The Morgan fingerprint density at radius 3 is 2.59 bits per heavy atom. The summed E-state index contributed by atoms with van der Waals surface area (Å²) in [6.07, 6.45) is 2.40. The largest absolute Gasteiger partial charge is 0.300 e. The Labute approximate surface area is 104 Å². The van der Waals surface area contributed by atoms with Crippen molar-refractivity contribution in [1.82, 2.24) is 9.88 Å². The first-order chi connectivity index (χ1) is 7.89. The lowest BCUT2D eigenvalue weighted by Gasteiger charge is -2.20. The summed E-state index contributed by atoms with van der Waals surface area (Å²) in [6, 6.07) is 5.89. The van der Waals surface area contributed by atoms with Gasteiger partial charge in [0.25, 0.3) is 0 Å². The van der Waals surface area contributed by atoms with Crippen LogP contribution in [-0.4, -0.2) is 29.3 Å². The Balaban J connectivity index is 2.36.